The zero-order valence-electron chi connectivity index (χ0n) is 17.9. The fourth-order valence-electron chi connectivity index (χ4n) is 3.73. The van der Waals surface area contributed by atoms with E-state index in [1.54, 1.807) is 6.92 Å². The summed E-state index contributed by atoms with van der Waals surface area (Å²) in [5.41, 5.74) is -0.0438. The van der Waals surface area contributed by atoms with E-state index in [4.69, 9.17) is 9.47 Å². The van der Waals surface area contributed by atoms with Crippen molar-refractivity contribution in [3.8, 4) is 11.5 Å². The summed E-state index contributed by atoms with van der Waals surface area (Å²) < 4.78 is 50.0. The molecule has 1 fully saturated rings. The summed E-state index contributed by atoms with van der Waals surface area (Å²) in [5.74, 6) is -1.05. The Labute approximate surface area is 190 Å². The summed E-state index contributed by atoms with van der Waals surface area (Å²) in [7, 11) is -3.98. The number of carbonyl (C=O) groups is 2. The minimum absolute atomic E-state index is 0.00270. The number of hydroxylamine groups is 1. The molecule has 2 aromatic rings. The van der Waals surface area contributed by atoms with E-state index in [2.05, 4.69) is 5.32 Å². The van der Waals surface area contributed by atoms with E-state index in [9.17, 15) is 27.6 Å². The summed E-state index contributed by atoms with van der Waals surface area (Å²) in [6, 6.07) is 11.0. The van der Waals surface area contributed by atoms with E-state index in [1.807, 2.05) is 0 Å². The Kier molecular flexibility index (Phi) is 7.67. The zero-order valence-corrected chi connectivity index (χ0v) is 18.7. The summed E-state index contributed by atoms with van der Waals surface area (Å²) >= 11 is 0. The molecule has 0 heterocycles. The predicted molar refractivity (Wildman–Crippen MR) is 115 cm³/mol. The molecule has 33 heavy (non-hydrogen) atoms. The molecule has 1 saturated carbocycles. The lowest BCUT2D eigenvalue weighted by molar-refractivity contribution is -0.144. The molecule has 0 aromatic heterocycles. The number of halogens is 1. The van der Waals surface area contributed by atoms with E-state index in [1.165, 1.54) is 54.0 Å². The van der Waals surface area contributed by atoms with E-state index in [0.717, 1.165) is 0 Å². The molecule has 178 valence electrons. The fraction of sp³-hybridized carbons (Fsp3) is 0.364. The monoisotopic (exact) mass is 480 g/mol. The first-order chi connectivity index (χ1) is 15.7. The lowest BCUT2D eigenvalue weighted by Gasteiger charge is -2.47. The van der Waals surface area contributed by atoms with Gasteiger partial charge in [0, 0.05) is 6.54 Å². The van der Waals surface area contributed by atoms with Gasteiger partial charge in [-0.3, -0.25) is 14.8 Å². The molecule has 0 bridgehead atoms. The number of carbonyl (C=O) groups excluding carboxylic acids is 2. The second-order valence-corrected chi connectivity index (χ2v) is 9.62. The van der Waals surface area contributed by atoms with Gasteiger partial charge in [-0.2, -0.15) is 0 Å². The molecule has 0 spiro atoms. The quantitative estimate of drug-likeness (QED) is 0.268. The molecular weight excluding hydrogens is 455 g/mol. The highest BCUT2D eigenvalue weighted by atomic mass is 32.2. The summed E-state index contributed by atoms with van der Waals surface area (Å²) in [6.07, 6.45) is 0.296. The highest BCUT2D eigenvalue weighted by Gasteiger charge is 2.58. The molecule has 1 aliphatic rings. The number of rotatable bonds is 10. The maximum atomic E-state index is 13.3. The van der Waals surface area contributed by atoms with Crippen molar-refractivity contribution in [3.05, 3.63) is 54.3 Å². The summed E-state index contributed by atoms with van der Waals surface area (Å²) in [4.78, 5) is 24.0. The average molecular weight is 481 g/mol. The van der Waals surface area contributed by atoms with Gasteiger partial charge in [-0.1, -0.05) is 0 Å². The Hall–Kier alpha value is -3.02. The minimum Gasteiger partial charge on any atom is -0.466 e. The van der Waals surface area contributed by atoms with Crippen LogP contribution in [0.25, 0.3) is 0 Å². The second-order valence-electron chi connectivity index (χ2n) is 7.49. The number of ether oxygens (including phenoxy) is 2. The third kappa shape index (κ3) is 5.32. The molecule has 3 N–H and O–H groups in total. The Morgan fingerprint density at radius 1 is 1.12 bits per heavy atom. The largest absolute Gasteiger partial charge is 0.466 e. The Morgan fingerprint density at radius 3 is 2.24 bits per heavy atom. The molecule has 0 radical (unpaired) electrons. The van der Waals surface area contributed by atoms with Crippen LogP contribution in [0.1, 0.15) is 26.2 Å². The second kappa shape index (κ2) is 10.3. The van der Waals surface area contributed by atoms with Crippen LogP contribution >= 0.6 is 0 Å². The van der Waals surface area contributed by atoms with Crippen LogP contribution in [0.2, 0.25) is 0 Å². The number of esters is 1. The lowest BCUT2D eigenvalue weighted by atomic mass is 9.75. The third-order valence-electron chi connectivity index (χ3n) is 5.51. The van der Waals surface area contributed by atoms with Crippen LogP contribution in [-0.4, -0.2) is 49.4 Å². The number of hydrogen-bond donors (Lipinski definition) is 3. The standard InChI is InChI=1S/C22H25FN2O7S/c1-2-31-20(26)12-14-24-22(21(27)25-28)13-11-19(22)33(29,30)18-9-7-17(8-10-18)32-16-5-3-15(23)4-6-16/h3-10,19,24,28H,2,11-14H2,1H3,(H,25,27). The van der Waals surface area contributed by atoms with E-state index in [0.29, 0.717) is 11.5 Å². The first-order valence-electron chi connectivity index (χ1n) is 10.4. The van der Waals surface area contributed by atoms with Gasteiger partial charge >= 0.3 is 5.97 Å². The maximum Gasteiger partial charge on any atom is 0.307 e. The summed E-state index contributed by atoms with van der Waals surface area (Å²) in [6.45, 7) is 1.87. The highest BCUT2D eigenvalue weighted by molar-refractivity contribution is 7.92. The number of nitrogens with one attached hydrogen (secondary N) is 2. The topological polar surface area (TPSA) is 131 Å². The molecule has 2 atom stereocenters. The summed E-state index contributed by atoms with van der Waals surface area (Å²) in [5, 5.41) is 10.9. The van der Waals surface area contributed by atoms with Gasteiger partial charge in [0.1, 0.15) is 22.9 Å². The molecule has 3 rings (SSSR count). The molecule has 1 aliphatic carbocycles. The molecule has 1 amide bonds. The van der Waals surface area contributed by atoms with Crippen molar-refractivity contribution in [1.29, 1.82) is 0 Å². The molecule has 2 aromatic carbocycles. The van der Waals surface area contributed by atoms with Crippen LogP contribution in [0.5, 0.6) is 11.5 Å². The van der Waals surface area contributed by atoms with E-state index in [-0.39, 0.29) is 37.3 Å². The Bertz CT molecular complexity index is 1090. The molecule has 0 saturated heterocycles. The molecular formula is C22H25FN2O7S. The van der Waals surface area contributed by atoms with Crippen molar-refractivity contribution < 1.29 is 37.1 Å². The number of benzene rings is 2. The zero-order chi connectivity index (χ0) is 24.1. The molecule has 0 aliphatic heterocycles. The smallest absolute Gasteiger partial charge is 0.307 e. The van der Waals surface area contributed by atoms with Gasteiger partial charge < -0.3 is 14.8 Å². The van der Waals surface area contributed by atoms with Crippen molar-refractivity contribution >= 4 is 21.7 Å². The normalized spacial score (nSPS) is 19.9. The highest BCUT2D eigenvalue weighted by Crippen LogP contribution is 2.41. The van der Waals surface area contributed by atoms with Crippen LogP contribution in [0.3, 0.4) is 0 Å². The Morgan fingerprint density at radius 2 is 1.73 bits per heavy atom. The first-order valence-corrected chi connectivity index (χ1v) is 11.9. The fourth-order valence-corrected chi connectivity index (χ4v) is 5.84. The predicted octanol–water partition coefficient (Wildman–Crippen LogP) is 2.34. The van der Waals surface area contributed by atoms with Gasteiger partial charge in [0.05, 0.1) is 23.2 Å². The van der Waals surface area contributed by atoms with Gasteiger partial charge in [-0.05, 0) is 68.3 Å². The van der Waals surface area contributed by atoms with Crippen molar-refractivity contribution in [1.82, 2.24) is 10.8 Å². The number of hydrogen-bond acceptors (Lipinski definition) is 8. The van der Waals surface area contributed by atoms with Crippen LogP contribution in [-0.2, 0) is 24.2 Å². The van der Waals surface area contributed by atoms with Crippen LogP contribution in [0.15, 0.2) is 53.4 Å². The number of amides is 1. The maximum absolute atomic E-state index is 13.3. The van der Waals surface area contributed by atoms with Gasteiger partial charge in [0.25, 0.3) is 5.91 Å². The van der Waals surface area contributed by atoms with Gasteiger partial charge in [0.15, 0.2) is 9.84 Å². The average Bonchev–Trinajstić information content (AvgIpc) is 2.77. The van der Waals surface area contributed by atoms with Gasteiger partial charge in [0.2, 0.25) is 0 Å². The third-order valence-corrected chi connectivity index (χ3v) is 7.82. The Balaban J connectivity index is 1.75. The van der Waals surface area contributed by atoms with Crippen molar-refractivity contribution in [3.63, 3.8) is 0 Å². The molecule has 2 unspecified atom stereocenters. The molecule has 9 nitrogen and oxygen atoms in total. The van der Waals surface area contributed by atoms with Crippen molar-refractivity contribution in [2.24, 2.45) is 0 Å². The van der Waals surface area contributed by atoms with E-state index < -0.39 is 38.3 Å². The first kappa shape index (κ1) is 24.6. The van der Waals surface area contributed by atoms with Crippen LogP contribution in [0, 0.1) is 5.82 Å². The number of sulfone groups is 1. The SMILES string of the molecule is CCOC(=O)CCNC1(C(=O)NO)CCC1S(=O)(=O)c1ccc(Oc2ccc(F)cc2)cc1. The van der Waals surface area contributed by atoms with Crippen molar-refractivity contribution in [2.75, 3.05) is 13.2 Å². The lowest BCUT2D eigenvalue weighted by Crippen LogP contribution is -2.71. The van der Waals surface area contributed by atoms with Crippen LogP contribution in [0.4, 0.5) is 4.39 Å². The van der Waals surface area contributed by atoms with E-state index >= 15 is 0 Å². The minimum atomic E-state index is -3.98. The molecule has 11 heteroatoms. The van der Waals surface area contributed by atoms with Gasteiger partial charge in [-0.25, -0.2) is 18.3 Å². The van der Waals surface area contributed by atoms with Crippen molar-refractivity contribution in [2.45, 2.75) is 41.9 Å². The van der Waals surface area contributed by atoms with Gasteiger partial charge in [-0.15, -0.1) is 0 Å². The van der Waals surface area contributed by atoms with Crippen LogP contribution < -0.4 is 15.5 Å².